The smallest absolute Gasteiger partial charge is 0.410 e. The van der Waals surface area contributed by atoms with E-state index in [1.807, 2.05) is 53.7 Å². The van der Waals surface area contributed by atoms with Crippen LogP contribution in [0.4, 0.5) is 4.79 Å². The van der Waals surface area contributed by atoms with Gasteiger partial charge in [-0.3, -0.25) is 0 Å². The third kappa shape index (κ3) is 5.15. The normalized spacial score (nSPS) is 20.7. The molecule has 172 valence electrons. The zero-order chi connectivity index (χ0) is 23.2. The molecule has 1 saturated heterocycles. The summed E-state index contributed by atoms with van der Waals surface area (Å²) in [6.07, 6.45) is 1.92. The van der Waals surface area contributed by atoms with Crippen molar-refractivity contribution in [3.05, 3.63) is 28.3 Å². The second kappa shape index (κ2) is 8.49. The van der Waals surface area contributed by atoms with Gasteiger partial charge in [-0.05, 0) is 78.5 Å². The van der Waals surface area contributed by atoms with E-state index in [9.17, 15) is 9.35 Å². The molecule has 1 fully saturated rings. The lowest BCUT2D eigenvalue weighted by atomic mass is 9.74. The second-order valence-electron chi connectivity index (χ2n) is 10.4. The molecule has 1 amide bonds. The van der Waals surface area contributed by atoms with E-state index in [4.69, 9.17) is 25.5 Å². The van der Waals surface area contributed by atoms with Gasteiger partial charge in [-0.2, -0.15) is 0 Å². The highest BCUT2D eigenvalue weighted by atomic mass is 35.5. The van der Waals surface area contributed by atoms with Gasteiger partial charge in [0.15, 0.2) is 0 Å². The van der Waals surface area contributed by atoms with Crippen molar-refractivity contribution in [1.29, 1.82) is 0 Å². The van der Waals surface area contributed by atoms with Crippen LogP contribution in [0.5, 0.6) is 5.75 Å². The fraction of sp³-hybridized carbons (Fsp3) is 0.652. The molecule has 2 aliphatic rings. The standard InChI is InChI=1S/C23H33ClN2O4S/c1-21(2,3)30-20(27)26-10-8-23(9-11-26)14-15-12-18(29-7)17(24)13-16(15)19(23)25-31(28)22(4,5)6/h12-13H,8-11,14H2,1-7H3. The van der Waals surface area contributed by atoms with Crippen molar-refractivity contribution in [3.63, 3.8) is 0 Å². The van der Waals surface area contributed by atoms with Crippen molar-refractivity contribution in [3.8, 4) is 5.75 Å². The molecule has 3 rings (SSSR count). The second-order valence-corrected chi connectivity index (χ2v) is 12.7. The third-order valence-electron chi connectivity index (χ3n) is 5.73. The number of rotatable bonds is 2. The Balaban J connectivity index is 1.94. The van der Waals surface area contributed by atoms with Crippen LogP contribution in [-0.2, 0) is 22.5 Å². The summed E-state index contributed by atoms with van der Waals surface area (Å²) in [5.41, 5.74) is 2.06. The number of hydrogen-bond acceptors (Lipinski definition) is 5. The molecular weight excluding hydrogens is 436 g/mol. The van der Waals surface area contributed by atoms with Gasteiger partial charge in [-0.1, -0.05) is 16.0 Å². The first-order valence-corrected chi connectivity index (χ1v) is 12.1. The van der Waals surface area contributed by atoms with Gasteiger partial charge in [0.2, 0.25) is 0 Å². The van der Waals surface area contributed by atoms with E-state index in [1.54, 1.807) is 12.0 Å². The summed E-state index contributed by atoms with van der Waals surface area (Å²) < 4.78 is 28.2. The van der Waals surface area contributed by atoms with Crippen LogP contribution in [0.25, 0.3) is 0 Å². The highest BCUT2D eigenvalue weighted by Crippen LogP contribution is 2.48. The van der Waals surface area contributed by atoms with Crippen LogP contribution in [0.3, 0.4) is 0 Å². The minimum Gasteiger partial charge on any atom is -0.591 e. The number of carbonyl (C=O) groups excluding carboxylic acids is 1. The van der Waals surface area contributed by atoms with Crippen LogP contribution in [0, 0.1) is 5.41 Å². The summed E-state index contributed by atoms with van der Waals surface area (Å²) in [5.74, 6) is 0.625. The molecule has 1 aliphatic heterocycles. The highest BCUT2D eigenvalue weighted by Gasteiger charge is 2.48. The molecule has 8 heteroatoms. The Morgan fingerprint density at radius 2 is 1.81 bits per heavy atom. The molecule has 6 nitrogen and oxygen atoms in total. The van der Waals surface area contributed by atoms with Gasteiger partial charge in [0.25, 0.3) is 0 Å². The summed E-state index contributed by atoms with van der Waals surface area (Å²) in [4.78, 5) is 14.3. The maximum absolute atomic E-state index is 13.0. The summed E-state index contributed by atoms with van der Waals surface area (Å²) in [6.45, 7) is 12.5. The number of methoxy groups -OCH3 is 1. The van der Waals surface area contributed by atoms with E-state index in [1.165, 1.54) is 0 Å². The molecule has 0 N–H and O–H groups in total. The zero-order valence-electron chi connectivity index (χ0n) is 19.5. The first-order valence-electron chi connectivity index (χ1n) is 10.6. The minimum absolute atomic E-state index is 0.280. The number of carbonyl (C=O) groups is 1. The van der Waals surface area contributed by atoms with Gasteiger partial charge in [0, 0.05) is 24.1 Å². The zero-order valence-corrected chi connectivity index (χ0v) is 21.1. The maximum atomic E-state index is 13.0. The lowest BCUT2D eigenvalue weighted by Gasteiger charge is -2.39. The maximum Gasteiger partial charge on any atom is 0.410 e. The summed E-state index contributed by atoms with van der Waals surface area (Å²) >= 11 is 5.03. The van der Waals surface area contributed by atoms with Gasteiger partial charge in [-0.15, -0.1) is 0 Å². The Morgan fingerprint density at radius 1 is 1.19 bits per heavy atom. The van der Waals surface area contributed by atoms with Gasteiger partial charge in [-0.25, -0.2) is 4.79 Å². The predicted octanol–water partition coefficient (Wildman–Crippen LogP) is 5.17. The Bertz CT molecular complexity index is 881. The molecule has 31 heavy (non-hydrogen) atoms. The topological polar surface area (TPSA) is 74.2 Å². The third-order valence-corrected chi connectivity index (χ3v) is 7.43. The Kier molecular flexibility index (Phi) is 6.63. The van der Waals surface area contributed by atoms with E-state index in [-0.39, 0.29) is 11.5 Å². The Labute approximate surface area is 193 Å². The van der Waals surface area contributed by atoms with Crippen LogP contribution in [0.15, 0.2) is 16.5 Å². The number of nitrogens with zero attached hydrogens (tertiary/aromatic N) is 2. The van der Waals surface area contributed by atoms with E-state index in [0.717, 1.165) is 36.1 Å². The molecule has 0 radical (unpaired) electrons. The fourth-order valence-electron chi connectivity index (χ4n) is 4.08. The average molecular weight is 469 g/mol. The van der Waals surface area contributed by atoms with Crippen molar-refractivity contribution in [2.45, 2.75) is 71.2 Å². The molecular formula is C23H33ClN2O4S. The van der Waals surface area contributed by atoms with Crippen LogP contribution in [0.2, 0.25) is 5.02 Å². The van der Waals surface area contributed by atoms with Gasteiger partial charge < -0.3 is 18.9 Å². The Hall–Kier alpha value is -1.44. The number of halogens is 1. The van der Waals surface area contributed by atoms with Crippen molar-refractivity contribution >= 4 is 34.8 Å². The lowest BCUT2D eigenvalue weighted by molar-refractivity contribution is 0.0159. The number of likely N-dealkylation sites (tertiary alicyclic amines) is 1. The van der Waals surface area contributed by atoms with Crippen LogP contribution in [-0.4, -0.2) is 51.8 Å². The van der Waals surface area contributed by atoms with Gasteiger partial charge in [0.1, 0.15) is 33.2 Å². The molecule has 1 aliphatic carbocycles. The molecule has 1 heterocycles. The number of hydrogen-bond donors (Lipinski definition) is 0. The van der Waals surface area contributed by atoms with Crippen LogP contribution < -0.4 is 4.74 Å². The largest absolute Gasteiger partial charge is 0.591 e. The quantitative estimate of drug-likeness (QED) is 0.561. The molecule has 1 spiro atoms. The molecule has 0 bridgehead atoms. The van der Waals surface area contributed by atoms with E-state index >= 15 is 0 Å². The fourth-order valence-corrected chi connectivity index (χ4v) is 5.05. The number of fused-ring (bicyclic) bond motifs is 1. The molecule has 1 aromatic carbocycles. The van der Waals surface area contributed by atoms with Gasteiger partial charge in [0.05, 0.1) is 12.1 Å². The van der Waals surface area contributed by atoms with Crippen molar-refractivity contribution in [2.24, 2.45) is 9.81 Å². The van der Waals surface area contributed by atoms with E-state index in [0.29, 0.717) is 23.9 Å². The monoisotopic (exact) mass is 468 g/mol. The highest BCUT2D eigenvalue weighted by molar-refractivity contribution is 7.91. The van der Waals surface area contributed by atoms with Crippen molar-refractivity contribution in [2.75, 3.05) is 20.2 Å². The molecule has 1 unspecified atom stereocenters. The lowest BCUT2D eigenvalue weighted by Crippen LogP contribution is -2.47. The number of ether oxygens (including phenoxy) is 2. The molecule has 0 saturated carbocycles. The first kappa shape index (κ1) is 24.2. The molecule has 1 aromatic rings. The predicted molar refractivity (Wildman–Crippen MR) is 126 cm³/mol. The minimum atomic E-state index is -1.40. The number of piperidine rings is 1. The van der Waals surface area contributed by atoms with Crippen LogP contribution >= 0.6 is 11.6 Å². The summed E-state index contributed by atoms with van der Waals surface area (Å²) in [7, 11) is 1.60. The van der Waals surface area contributed by atoms with E-state index < -0.39 is 21.7 Å². The van der Waals surface area contributed by atoms with Crippen LogP contribution in [0.1, 0.15) is 65.5 Å². The van der Waals surface area contributed by atoms with Crippen molar-refractivity contribution in [1.82, 2.24) is 4.90 Å². The van der Waals surface area contributed by atoms with E-state index in [2.05, 4.69) is 0 Å². The number of benzene rings is 1. The first-order chi connectivity index (χ1) is 14.3. The number of amides is 1. The molecule has 0 aromatic heterocycles. The average Bonchev–Trinajstić information content (AvgIpc) is 2.91. The Morgan fingerprint density at radius 3 is 2.32 bits per heavy atom. The molecule has 1 atom stereocenters. The summed E-state index contributed by atoms with van der Waals surface area (Å²) in [5, 5.41) is 0.513. The van der Waals surface area contributed by atoms with Crippen molar-refractivity contribution < 1.29 is 18.8 Å². The van der Waals surface area contributed by atoms with Gasteiger partial charge >= 0.3 is 6.09 Å². The SMILES string of the molecule is COc1cc2c(cc1Cl)C(=N[S+]([O-])C(C)(C)C)C1(CCN(C(=O)OC(C)(C)C)CC1)C2. The summed E-state index contributed by atoms with van der Waals surface area (Å²) in [6, 6.07) is 3.84.